The number of hydrogen-bond donors (Lipinski definition) is 3. The molecule has 0 aromatic heterocycles. The Kier molecular flexibility index (Phi) is 5.62. The Balaban J connectivity index is 2.78. The number of carbonyl (C=O) groups excluding carboxylic acids is 1. The lowest BCUT2D eigenvalue weighted by molar-refractivity contribution is 0.0907. The molecule has 1 aromatic carbocycles. The second-order valence-electron chi connectivity index (χ2n) is 4.69. The molecule has 0 fully saturated rings. The molecular formula is C13H19BrN2O2. The van der Waals surface area contributed by atoms with Gasteiger partial charge in [-0.3, -0.25) is 4.79 Å². The molecule has 0 saturated heterocycles. The first-order valence-corrected chi connectivity index (χ1v) is 6.70. The van der Waals surface area contributed by atoms with Gasteiger partial charge in [0.15, 0.2) is 0 Å². The summed E-state index contributed by atoms with van der Waals surface area (Å²) in [6.07, 6.45) is 0.738. The number of aliphatic hydroxyl groups excluding tert-OH is 1. The molecule has 1 amide bonds. The molecule has 100 valence electrons. The minimum Gasteiger partial charge on any atom is -0.398 e. The molecule has 1 rings (SSSR count). The first kappa shape index (κ1) is 15.0. The van der Waals surface area contributed by atoms with E-state index in [0.717, 1.165) is 6.42 Å². The number of aliphatic hydroxyl groups is 1. The summed E-state index contributed by atoms with van der Waals surface area (Å²) in [5.74, 6) is 0.181. The molecular weight excluding hydrogens is 296 g/mol. The van der Waals surface area contributed by atoms with Crippen molar-refractivity contribution in [2.45, 2.75) is 26.3 Å². The summed E-state index contributed by atoms with van der Waals surface area (Å²) in [6.45, 7) is 4.03. The lowest BCUT2D eigenvalue weighted by Crippen LogP contribution is -2.38. The molecule has 1 atom stereocenters. The van der Waals surface area contributed by atoms with Crippen LogP contribution >= 0.6 is 15.9 Å². The Bertz CT molecular complexity index is 421. The van der Waals surface area contributed by atoms with Crippen LogP contribution in [0.4, 0.5) is 5.69 Å². The van der Waals surface area contributed by atoms with Crippen molar-refractivity contribution in [2.75, 3.05) is 12.3 Å². The van der Waals surface area contributed by atoms with Gasteiger partial charge in [0, 0.05) is 5.69 Å². The zero-order valence-corrected chi connectivity index (χ0v) is 12.2. The lowest BCUT2D eigenvalue weighted by atomic mass is 10.0. The predicted molar refractivity (Wildman–Crippen MR) is 76.3 cm³/mol. The van der Waals surface area contributed by atoms with Crippen molar-refractivity contribution in [2.24, 2.45) is 5.92 Å². The van der Waals surface area contributed by atoms with Crippen LogP contribution in [0.5, 0.6) is 0 Å². The third-order valence-electron chi connectivity index (χ3n) is 2.58. The summed E-state index contributed by atoms with van der Waals surface area (Å²) in [5, 5.41) is 12.1. The number of amides is 1. The van der Waals surface area contributed by atoms with Crippen LogP contribution in [0.2, 0.25) is 0 Å². The SMILES string of the molecule is CC(C)CC(CO)NC(=O)c1cccc(N)c1Br. The third-order valence-corrected chi connectivity index (χ3v) is 3.47. The maximum atomic E-state index is 12.1. The van der Waals surface area contributed by atoms with Crippen molar-refractivity contribution >= 4 is 27.5 Å². The number of nitrogens with two attached hydrogens (primary N) is 1. The zero-order chi connectivity index (χ0) is 13.7. The van der Waals surface area contributed by atoms with Crippen LogP contribution in [0.1, 0.15) is 30.6 Å². The number of rotatable bonds is 5. The van der Waals surface area contributed by atoms with Gasteiger partial charge in [0.2, 0.25) is 0 Å². The van der Waals surface area contributed by atoms with Gasteiger partial charge >= 0.3 is 0 Å². The molecule has 1 unspecified atom stereocenters. The van der Waals surface area contributed by atoms with Gasteiger partial charge < -0.3 is 16.2 Å². The van der Waals surface area contributed by atoms with Gasteiger partial charge in [-0.05, 0) is 40.4 Å². The van der Waals surface area contributed by atoms with Gasteiger partial charge in [-0.15, -0.1) is 0 Å². The molecule has 0 heterocycles. The van der Waals surface area contributed by atoms with Crippen molar-refractivity contribution < 1.29 is 9.90 Å². The molecule has 18 heavy (non-hydrogen) atoms. The summed E-state index contributed by atoms with van der Waals surface area (Å²) >= 11 is 3.30. The number of nitrogen functional groups attached to an aromatic ring is 1. The second kappa shape index (κ2) is 6.75. The lowest BCUT2D eigenvalue weighted by Gasteiger charge is -2.18. The van der Waals surface area contributed by atoms with E-state index in [9.17, 15) is 9.90 Å². The molecule has 1 aromatic rings. The average Bonchev–Trinajstić information content (AvgIpc) is 2.31. The Morgan fingerprint density at radius 3 is 2.72 bits per heavy atom. The highest BCUT2D eigenvalue weighted by atomic mass is 79.9. The van der Waals surface area contributed by atoms with Gasteiger partial charge in [-0.2, -0.15) is 0 Å². The highest BCUT2D eigenvalue weighted by Crippen LogP contribution is 2.23. The van der Waals surface area contributed by atoms with E-state index in [0.29, 0.717) is 21.6 Å². The fraction of sp³-hybridized carbons (Fsp3) is 0.462. The van der Waals surface area contributed by atoms with Crippen LogP contribution in [0.25, 0.3) is 0 Å². The minimum atomic E-state index is -0.231. The normalized spacial score (nSPS) is 12.5. The van der Waals surface area contributed by atoms with Crippen molar-refractivity contribution in [3.05, 3.63) is 28.2 Å². The fourth-order valence-corrected chi connectivity index (χ4v) is 2.18. The van der Waals surface area contributed by atoms with Gasteiger partial charge in [-0.25, -0.2) is 0 Å². The van der Waals surface area contributed by atoms with Gasteiger partial charge in [0.25, 0.3) is 5.91 Å². The summed E-state index contributed by atoms with van der Waals surface area (Å²) in [6, 6.07) is 4.91. The van der Waals surface area contributed by atoms with Crippen molar-refractivity contribution in [3.8, 4) is 0 Å². The van der Waals surface area contributed by atoms with E-state index < -0.39 is 0 Å². The molecule has 0 spiro atoms. The van der Waals surface area contributed by atoms with Crippen LogP contribution < -0.4 is 11.1 Å². The first-order chi connectivity index (χ1) is 8.45. The Morgan fingerprint density at radius 2 is 2.17 bits per heavy atom. The maximum Gasteiger partial charge on any atom is 0.252 e. The average molecular weight is 315 g/mol. The molecule has 0 aliphatic rings. The van der Waals surface area contributed by atoms with Crippen molar-refractivity contribution in [1.29, 1.82) is 0 Å². The number of halogens is 1. The van der Waals surface area contributed by atoms with Crippen LogP contribution in [-0.4, -0.2) is 23.7 Å². The maximum absolute atomic E-state index is 12.1. The Hall–Kier alpha value is -1.07. The summed E-state index contributed by atoms with van der Waals surface area (Å²) in [7, 11) is 0. The molecule has 0 aliphatic heterocycles. The van der Waals surface area contributed by atoms with Gasteiger partial charge in [0.05, 0.1) is 22.7 Å². The summed E-state index contributed by atoms with van der Waals surface area (Å²) in [5.41, 5.74) is 6.73. The quantitative estimate of drug-likeness (QED) is 0.729. The van der Waals surface area contributed by atoms with Crippen LogP contribution in [0, 0.1) is 5.92 Å². The zero-order valence-electron chi connectivity index (χ0n) is 10.6. The minimum absolute atomic E-state index is 0.0656. The highest BCUT2D eigenvalue weighted by molar-refractivity contribution is 9.10. The number of hydrogen-bond acceptors (Lipinski definition) is 3. The van der Waals surface area contributed by atoms with Crippen molar-refractivity contribution in [3.63, 3.8) is 0 Å². The van der Waals surface area contributed by atoms with Gasteiger partial charge in [-0.1, -0.05) is 19.9 Å². The van der Waals surface area contributed by atoms with E-state index in [1.807, 2.05) is 13.8 Å². The number of anilines is 1. The molecule has 0 saturated carbocycles. The molecule has 0 radical (unpaired) electrons. The first-order valence-electron chi connectivity index (χ1n) is 5.91. The third kappa shape index (κ3) is 3.99. The monoisotopic (exact) mass is 314 g/mol. The van der Waals surface area contributed by atoms with Crippen molar-refractivity contribution in [1.82, 2.24) is 5.32 Å². The molecule has 0 aliphatic carbocycles. The smallest absolute Gasteiger partial charge is 0.252 e. The van der Waals surface area contributed by atoms with E-state index in [1.54, 1.807) is 18.2 Å². The molecule has 4 nitrogen and oxygen atoms in total. The van der Waals surface area contributed by atoms with Crippen LogP contribution in [0.15, 0.2) is 22.7 Å². The summed E-state index contributed by atoms with van der Waals surface area (Å²) in [4.78, 5) is 12.1. The van der Waals surface area contributed by atoms with Crippen LogP contribution in [-0.2, 0) is 0 Å². The molecule has 4 N–H and O–H groups in total. The largest absolute Gasteiger partial charge is 0.398 e. The highest BCUT2D eigenvalue weighted by Gasteiger charge is 2.17. The van der Waals surface area contributed by atoms with E-state index in [2.05, 4.69) is 21.2 Å². The van der Waals surface area contributed by atoms with Gasteiger partial charge in [0.1, 0.15) is 0 Å². The van der Waals surface area contributed by atoms with E-state index in [4.69, 9.17) is 5.73 Å². The predicted octanol–water partition coefficient (Wildman–Crippen LogP) is 2.17. The molecule has 5 heteroatoms. The number of carbonyl (C=O) groups is 1. The second-order valence-corrected chi connectivity index (χ2v) is 5.48. The Morgan fingerprint density at radius 1 is 1.50 bits per heavy atom. The van der Waals surface area contributed by atoms with E-state index in [1.165, 1.54) is 0 Å². The van der Waals surface area contributed by atoms with Crippen LogP contribution in [0.3, 0.4) is 0 Å². The number of nitrogens with one attached hydrogen (secondary N) is 1. The fourth-order valence-electron chi connectivity index (χ4n) is 1.74. The Labute approximate surface area is 116 Å². The summed E-state index contributed by atoms with van der Waals surface area (Å²) < 4.78 is 0.587. The molecule has 0 bridgehead atoms. The van der Waals surface area contributed by atoms with E-state index in [-0.39, 0.29) is 18.6 Å². The van der Waals surface area contributed by atoms with E-state index >= 15 is 0 Å². The standard InChI is InChI=1S/C13H19BrN2O2/c1-8(2)6-9(7-17)16-13(18)10-4-3-5-11(15)12(10)14/h3-5,8-9,17H,6-7,15H2,1-2H3,(H,16,18). The number of benzene rings is 1. The topological polar surface area (TPSA) is 75.3 Å².